The number of rotatable bonds is 5. The van der Waals surface area contributed by atoms with Crippen LogP contribution < -0.4 is 5.32 Å². The second kappa shape index (κ2) is 6.89. The van der Waals surface area contributed by atoms with Gasteiger partial charge in [0.25, 0.3) is 0 Å². The van der Waals surface area contributed by atoms with Crippen LogP contribution in [0.3, 0.4) is 0 Å². The number of carboxylic acid groups (broad SMARTS) is 1. The highest BCUT2D eigenvalue weighted by Gasteiger charge is 2.31. The maximum absolute atomic E-state index is 12.2. The molecule has 1 fully saturated rings. The van der Waals surface area contributed by atoms with Gasteiger partial charge in [-0.1, -0.05) is 32.4 Å². The molecule has 1 aliphatic rings. The Morgan fingerprint density at radius 2 is 2.18 bits per heavy atom. The van der Waals surface area contributed by atoms with Crippen LogP contribution in [0.5, 0.6) is 0 Å². The van der Waals surface area contributed by atoms with Crippen molar-refractivity contribution in [2.75, 3.05) is 0 Å². The highest BCUT2D eigenvalue weighted by molar-refractivity contribution is 5.84. The first-order valence-corrected chi connectivity index (χ1v) is 7.79. The van der Waals surface area contributed by atoms with E-state index in [-0.39, 0.29) is 24.2 Å². The third-order valence-electron chi connectivity index (χ3n) is 4.43. The normalized spacial score (nSPS) is 25.2. The van der Waals surface area contributed by atoms with Crippen molar-refractivity contribution in [3.8, 4) is 0 Å². The van der Waals surface area contributed by atoms with E-state index >= 15 is 0 Å². The first kappa shape index (κ1) is 16.5. The maximum Gasteiger partial charge on any atom is 0.358 e. The van der Waals surface area contributed by atoms with Crippen molar-refractivity contribution in [3.05, 3.63) is 11.9 Å². The Morgan fingerprint density at radius 1 is 1.45 bits per heavy atom. The molecule has 1 heterocycles. The van der Waals surface area contributed by atoms with E-state index < -0.39 is 5.97 Å². The minimum Gasteiger partial charge on any atom is -0.476 e. The Bertz CT molecular complexity index is 541. The molecule has 1 amide bonds. The van der Waals surface area contributed by atoms with Gasteiger partial charge in [0.15, 0.2) is 5.69 Å². The van der Waals surface area contributed by atoms with Crippen LogP contribution in [-0.2, 0) is 11.3 Å². The van der Waals surface area contributed by atoms with Gasteiger partial charge in [-0.2, -0.15) is 0 Å². The molecule has 122 valence electrons. The van der Waals surface area contributed by atoms with Crippen LogP contribution in [0.15, 0.2) is 6.20 Å². The molecule has 2 N–H and O–H groups in total. The van der Waals surface area contributed by atoms with Crippen LogP contribution in [-0.4, -0.2) is 38.0 Å². The molecule has 22 heavy (non-hydrogen) atoms. The van der Waals surface area contributed by atoms with Crippen LogP contribution in [0.1, 0.15) is 50.5 Å². The standard InChI is InChI=1S/C15H24N4O3/c1-9(2)11-5-4-10(3)6-12(11)16-14(20)8-19-7-13(15(21)22)17-18-19/h7,9-12H,4-6,8H2,1-3H3,(H,16,20)(H,21,22). The molecular weight excluding hydrogens is 284 g/mol. The van der Waals surface area contributed by atoms with E-state index in [9.17, 15) is 9.59 Å². The summed E-state index contributed by atoms with van der Waals surface area (Å²) in [4.78, 5) is 22.9. The zero-order valence-electron chi connectivity index (χ0n) is 13.3. The van der Waals surface area contributed by atoms with E-state index in [0.717, 1.165) is 12.8 Å². The van der Waals surface area contributed by atoms with E-state index in [2.05, 4.69) is 36.4 Å². The molecular formula is C15H24N4O3. The summed E-state index contributed by atoms with van der Waals surface area (Å²) < 4.78 is 1.26. The van der Waals surface area contributed by atoms with E-state index in [0.29, 0.717) is 17.8 Å². The minimum atomic E-state index is -1.15. The number of nitrogens with zero attached hydrogens (tertiary/aromatic N) is 3. The van der Waals surface area contributed by atoms with Crippen LogP contribution >= 0.6 is 0 Å². The predicted molar refractivity (Wildman–Crippen MR) is 80.3 cm³/mol. The molecule has 0 saturated heterocycles. The minimum absolute atomic E-state index is 0.00399. The van der Waals surface area contributed by atoms with E-state index in [1.165, 1.54) is 17.3 Å². The molecule has 3 unspecified atom stereocenters. The van der Waals surface area contributed by atoms with Gasteiger partial charge in [0.1, 0.15) is 6.54 Å². The molecule has 7 heteroatoms. The number of carbonyl (C=O) groups excluding carboxylic acids is 1. The molecule has 1 saturated carbocycles. The van der Waals surface area contributed by atoms with Gasteiger partial charge >= 0.3 is 5.97 Å². The third kappa shape index (κ3) is 4.05. The van der Waals surface area contributed by atoms with Gasteiger partial charge in [-0.05, 0) is 30.6 Å². The van der Waals surface area contributed by atoms with Crippen molar-refractivity contribution in [2.45, 2.75) is 52.6 Å². The number of aromatic nitrogens is 3. The van der Waals surface area contributed by atoms with Crippen LogP contribution in [0.25, 0.3) is 0 Å². The lowest BCUT2D eigenvalue weighted by molar-refractivity contribution is -0.123. The molecule has 2 rings (SSSR count). The smallest absolute Gasteiger partial charge is 0.358 e. The van der Waals surface area contributed by atoms with Crippen molar-refractivity contribution in [3.63, 3.8) is 0 Å². The van der Waals surface area contributed by atoms with Crippen molar-refractivity contribution >= 4 is 11.9 Å². The average Bonchev–Trinajstić information content (AvgIpc) is 2.86. The average molecular weight is 308 g/mol. The molecule has 0 aromatic carbocycles. The lowest BCUT2D eigenvalue weighted by Crippen LogP contribution is -2.46. The zero-order valence-corrected chi connectivity index (χ0v) is 13.3. The fourth-order valence-electron chi connectivity index (χ4n) is 3.24. The number of hydrogen-bond donors (Lipinski definition) is 2. The molecule has 0 radical (unpaired) electrons. The molecule has 1 aromatic heterocycles. The van der Waals surface area contributed by atoms with Crippen molar-refractivity contribution < 1.29 is 14.7 Å². The molecule has 1 aliphatic carbocycles. The Kier molecular flexibility index (Phi) is 5.15. The highest BCUT2D eigenvalue weighted by atomic mass is 16.4. The fourth-order valence-corrected chi connectivity index (χ4v) is 3.24. The number of aromatic carboxylic acids is 1. The second-order valence-corrected chi connectivity index (χ2v) is 6.61. The van der Waals surface area contributed by atoms with Crippen LogP contribution in [0.2, 0.25) is 0 Å². The number of nitrogens with one attached hydrogen (secondary N) is 1. The molecule has 3 atom stereocenters. The first-order valence-electron chi connectivity index (χ1n) is 7.79. The lowest BCUT2D eigenvalue weighted by Gasteiger charge is -2.37. The van der Waals surface area contributed by atoms with Gasteiger partial charge in [0.2, 0.25) is 5.91 Å². The SMILES string of the molecule is CC1CCC(C(C)C)C(NC(=O)Cn2cc(C(=O)O)nn2)C1. The Labute approximate surface area is 130 Å². The number of hydrogen-bond acceptors (Lipinski definition) is 4. The molecule has 7 nitrogen and oxygen atoms in total. The summed E-state index contributed by atoms with van der Waals surface area (Å²) in [5.74, 6) is 0.345. The Hall–Kier alpha value is -1.92. The van der Waals surface area contributed by atoms with Crippen molar-refractivity contribution in [1.82, 2.24) is 20.3 Å². The number of carboxylic acids is 1. The van der Waals surface area contributed by atoms with Gasteiger partial charge in [-0.3, -0.25) is 4.79 Å². The first-order chi connectivity index (χ1) is 10.4. The molecule has 0 aliphatic heterocycles. The van der Waals surface area contributed by atoms with Gasteiger partial charge < -0.3 is 10.4 Å². The summed E-state index contributed by atoms with van der Waals surface area (Å²) in [5.41, 5.74) is -0.154. The summed E-state index contributed by atoms with van der Waals surface area (Å²) in [6.07, 6.45) is 4.61. The highest BCUT2D eigenvalue weighted by Crippen LogP contribution is 2.33. The van der Waals surface area contributed by atoms with Gasteiger partial charge in [0.05, 0.1) is 6.20 Å². The van der Waals surface area contributed by atoms with E-state index in [1.807, 2.05) is 0 Å². The lowest BCUT2D eigenvalue weighted by atomic mass is 9.74. The fraction of sp³-hybridized carbons (Fsp3) is 0.733. The Morgan fingerprint density at radius 3 is 2.77 bits per heavy atom. The summed E-state index contributed by atoms with van der Waals surface area (Å²) in [7, 11) is 0. The number of amides is 1. The molecule has 0 bridgehead atoms. The van der Waals surface area contributed by atoms with E-state index in [1.54, 1.807) is 0 Å². The van der Waals surface area contributed by atoms with Gasteiger partial charge in [-0.25, -0.2) is 9.48 Å². The summed E-state index contributed by atoms with van der Waals surface area (Å²) in [5, 5.41) is 19.1. The van der Waals surface area contributed by atoms with Crippen molar-refractivity contribution in [2.24, 2.45) is 17.8 Å². The zero-order chi connectivity index (χ0) is 16.3. The van der Waals surface area contributed by atoms with E-state index in [4.69, 9.17) is 5.11 Å². The molecule has 0 spiro atoms. The summed E-state index contributed by atoms with van der Waals surface area (Å²) in [6, 6.07) is 0.179. The van der Waals surface area contributed by atoms with Gasteiger partial charge in [0, 0.05) is 6.04 Å². The van der Waals surface area contributed by atoms with Crippen molar-refractivity contribution in [1.29, 1.82) is 0 Å². The number of carbonyl (C=O) groups is 2. The summed E-state index contributed by atoms with van der Waals surface area (Å²) >= 11 is 0. The topological polar surface area (TPSA) is 97.1 Å². The van der Waals surface area contributed by atoms with Crippen LogP contribution in [0, 0.1) is 17.8 Å². The molecule has 1 aromatic rings. The quantitative estimate of drug-likeness (QED) is 0.860. The third-order valence-corrected chi connectivity index (χ3v) is 4.43. The largest absolute Gasteiger partial charge is 0.476 e. The predicted octanol–water partition coefficient (Wildman–Crippen LogP) is 1.55. The Balaban J connectivity index is 1.95. The maximum atomic E-state index is 12.2. The van der Waals surface area contributed by atoms with Gasteiger partial charge in [-0.15, -0.1) is 5.10 Å². The monoisotopic (exact) mass is 308 g/mol. The van der Waals surface area contributed by atoms with Crippen LogP contribution in [0.4, 0.5) is 0 Å². The summed E-state index contributed by atoms with van der Waals surface area (Å²) in [6.45, 7) is 6.59. The second-order valence-electron chi connectivity index (χ2n) is 6.61.